The molecule has 0 heterocycles. The molecule has 0 aromatic heterocycles. The van der Waals surface area contributed by atoms with E-state index in [1.807, 2.05) is 0 Å². The molecule has 0 fully saturated rings. The van der Waals surface area contributed by atoms with Gasteiger partial charge in [-0.1, -0.05) is 0 Å². The Morgan fingerprint density at radius 2 is 1.00 bits per heavy atom. The Morgan fingerprint density at radius 1 is 1.00 bits per heavy atom. The number of rotatable bonds is 0. The summed E-state index contributed by atoms with van der Waals surface area (Å²) in [5.74, 6) is 0. The van der Waals surface area contributed by atoms with E-state index in [9.17, 15) is 0 Å². The zero-order chi connectivity index (χ0) is 0. The second kappa shape index (κ2) is 18.7. The Hall–Kier alpha value is 2.26. The van der Waals surface area contributed by atoms with E-state index < -0.39 is 0 Å². The Morgan fingerprint density at radius 3 is 1.00 bits per heavy atom. The largest absolute Gasteiger partial charge is 0 e. The summed E-state index contributed by atoms with van der Waals surface area (Å²) in [5, 5.41) is 0. The topological polar surface area (TPSA) is 0 Å². The zero-order valence-electron chi connectivity index (χ0n) is 1.45. The first-order valence-electron chi connectivity index (χ1n) is 0. The molecule has 4 heteroatoms. The van der Waals surface area contributed by atoms with E-state index in [0.29, 0.717) is 0 Å². The van der Waals surface area contributed by atoms with Crippen molar-refractivity contribution in [2.24, 2.45) is 0 Å². The van der Waals surface area contributed by atoms with E-state index in [4.69, 9.17) is 0 Å². The quantitative estimate of drug-likeness (QED) is 0.537. The smallest absolute Gasteiger partial charge is 0 e. The Kier molecular flexibility index (Phi) is 158. The Bertz CT molecular complexity index is 8.00. The van der Waals surface area contributed by atoms with E-state index >= 15 is 0 Å². The van der Waals surface area contributed by atoms with Gasteiger partial charge in [0.25, 0.3) is 0 Å². The summed E-state index contributed by atoms with van der Waals surface area (Å²) in [6, 6.07) is 0. The summed E-state index contributed by atoms with van der Waals surface area (Å²) >= 11 is 0. The normalized spacial score (nSPS) is 0. The van der Waals surface area contributed by atoms with Gasteiger partial charge in [-0.25, -0.2) is 0 Å². The van der Waals surface area contributed by atoms with Crippen LogP contribution in [-0.4, -0.2) is 0 Å². The summed E-state index contributed by atoms with van der Waals surface area (Å²) in [5.41, 5.74) is 0. The third kappa shape index (κ3) is 8.86. The monoisotopic (exact) mass is 354 g/mol. The molecule has 0 amide bonds. The second-order valence-electron chi connectivity index (χ2n) is 0. The maximum absolute atomic E-state index is 0. The predicted molar refractivity (Wildman–Crippen MR) is 0 cm³/mol. The van der Waals surface area contributed by atoms with E-state index in [1.54, 1.807) is 0 Å². The molecule has 0 bridgehead atoms. The fourth-order valence-electron chi connectivity index (χ4n) is 0. The van der Waals surface area contributed by atoms with Crippen molar-refractivity contribution in [3.8, 4) is 0 Å². The molecule has 0 N–H and O–H groups in total. The van der Waals surface area contributed by atoms with Gasteiger partial charge in [0.2, 0.25) is 0 Å². The summed E-state index contributed by atoms with van der Waals surface area (Å²) in [6.45, 7) is 0. The molecule has 0 aliphatic carbocycles. The maximum atomic E-state index is 0. The summed E-state index contributed by atoms with van der Waals surface area (Å²) in [7, 11) is 0. The van der Waals surface area contributed by atoms with Crippen LogP contribution in [0.3, 0.4) is 0 Å². The van der Waals surface area contributed by atoms with Crippen LogP contribution in [0, 0.1) is 0 Å². The van der Waals surface area contributed by atoms with Crippen LogP contribution >= 0.6 is 0 Å². The van der Waals surface area contributed by atoms with Gasteiger partial charge in [0, 0.05) is 72.7 Å². The van der Waals surface area contributed by atoms with E-state index in [1.165, 1.54) is 0 Å². The minimum absolute atomic E-state index is 0. The van der Waals surface area contributed by atoms with Crippen LogP contribution in [0.1, 0.15) is 0 Å². The van der Waals surface area contributed by atoms with Gasteiger partial charge >= 0.3 is 0 Å². The number of hydrogen-bond donors (Lipinski definition) is 0. The minimum atomic E-state index is 0. The van der Waals surface area contributed by atoms with Crippen LogP contribution in [-0.2, 0) is 72.7 Å². The van der Waals surface area contributed by atoms with Crippen molar-refractivity contribution in [2.75, 3.05) is 0 Å². The van der Waals surface area contributed by atoms with Crippen molar-refractivity contribution < 1.29 is 72.7 Å². The van der Waals surface area contributed by atoms with Gasteiger partial charge in [-0.15, -0.1) is 0 Å². The van der Waals surface area contributed by atoms with Gasteiger partial charge in [0.05, 0.1) is 0 Å². The first kappa shape index (κ1) is 33.9. The fraction of sp³-hybridized carbons (Fsp3) is 0. The average Bonchev–Trinajstić information content (AvgIpc) is 0. The van der Waals surface area contributed by atoms with Crippen LogP contribution < -0.4 is 0 Å². The molecule has 2 radical (unpaired) electrons. The second-order valence-corrected chi connectivity index (χ2v) is 0. The van der Waals surface area contributed by atoms with Crippen molar-refractivity contribution in [3.63, 3.8) is 0 Å². The standard InChI is InChI=1S/Co.Fe.Ni.Ta. The summed E-state index contributed by atoms with van der Waals surface area (Å²) < 4.78 is 0. The molecule has 4 heavy (non-hydrogen) atoms. The molecule has 0 rings (SSSR count). The molecule has 0 aliphatic rings. The minimum Gasteiger partial charge on any atom is 0 e. The molecule has 0 saturated heterocycles. The van der Waals surface area contributed by atoms with Crippen molar-refractivity contribution in [2.45, 2.75) is 0 Å². The molecule has 0 saturated carbocycles. The Labute approximate surface area is 72.0 Å². The van der Waals surface area contributed by atoms with Crippen LogP contribution in [0.4, 0.5) is 0 Å². The first-order chi connectivity index (χ1) is 0. The maximum Gasteiger partial charge on any atom is 0 e. The van der Waals surface area contributed by atoms with Crippen LogP contribution in [0.25, 0.3) is 0 Å². The fourth-order valence-corrected chi connectivity index (χ4v) is 0. The van der Waals surface area contributed by atoms with Crippen molar-refractivity contribution in [1.82, 2.24) is 0 Å². The third-order valence-corrected chi connectivity index (χ3v) is 0. The molecule has 0 atom stereocenters. The Balaban J connectivity index is 0. The van der Waals surface area contributed by atoms with Gasteiger partial charge in [-0.3, -0.25) is 0 Å². The summed E-state index contributed by atoms with van der Waals surface area (Å²) in [6.07, 6.45) is 0. The molecule has 0 aromatic carbocycles. The third-order valence-electron chi connectivity index (χ3n) is 0. The SMILES string of the molecule is [Co].[Fe].[Ni].[Ta]. The molecular weight excluding hydrogens is 354 g/mol. The van der Waals surface area contributed by atoms with E-state index in [0.717, 1.165) is 0 Å². The molecule has 0 aromatic rings. The van der Waals surface area contributed by atoms with Crippen molar-refractivity contribution in [1.29, 1.82) is 0 Å². The number of hydrogen-bond acceptors (Lipinski definition) is 0. The molecular formula is CoFeNiTa. The molecule has 0 nitrogen and oxygen atoms in total. The van der Waals surface area contributed by atoms with Gasteiger partial charge in [-0.2, -0.15) is 0 Å². The van der Waals surface area contributed by atoms with Crippen molar-refractivity contribution >= 4 is 0 Å². The van der Waals surface area contributed by atoms with E-state index in [-0.39, 0.29) is 72.7 Å². The van der Waals surface area contributed by atoms with Crippen LogP contribution in [0.15, 0.2) is 0 Å². The van der Waals surface area contributed by atoms with Crippen molar-refractivity contribution in [3.05, 3.63) is 0 Å². The average molecular weight is 354 g/mol. The van der Waals surface area contributed by atoms with Gasteiger partial charge in [0.1, 0.15) is 0 Å². The zero-order valence-corrected chi connectivity index (χ0v) is 7.80. The van der Waals surface area contributed by atoms with Gasteiger partial charge in [-0.05, 0) is 0 Å². The van der Waals surface area contributed by atoms with Crippen LogP contribution in [0.2, 0.25) is 0 Å². The summed E-state index contributed by atoms with van der Waals surface area (Å²) in [4.78, 5) is 0. The molecule has 0 spiro atoms. The van der Waals surface area contributed by atoms with Crippen LogP contribution in [0.5, 0.6) is 0 Å². The molecule has 0 aliphatic heterocycles. The predicted octanol–water partition coefficient (Wildman–Crippen LogP) is -0.0100. The molecule has 32 valence electrons. The van der Waals surface area contributed by atoms with E-state index in [2.05, 4.69) is 0 Å². The van der Waals surface area contributed by atoms with Gasteiger partial charge in [0.15, 0.2) is 0 Å². The first-order valence-corrected chi connectivity index (χ1v) is 0. The molecule has 0 unspecified atom stereocenters. The van der Waals surface area contributed by atoms with Gasteiger partial charge < -0.3 is 0 Å².